The lowest BCUT2D eigenvalue weighted by Gasteiger charge is -2.16. The van der Waals surface area contributed by atoms with Gasteiger partial charge in [0.1, 0.15) is 17.8 Å². The molecule has 0 aliphatic rings. The second kappa shape index (κ2) is 10.5. The van der Waals surface area contributed by atoms with E-state index in [1.54, 1.807) is 42.9 Å². The molecule has 4 aromatic heterocycles. The number of hydrogen-bond donors (Lipinski definition) is 2. The van der Waals surface area contributed by atoms with E-state index < -0.39 is 17.7 Å². The van der Waals surface area contributed by atoms with Gasteiger partial charge < -0.3 is 10.6 Å². The molecular formula is C30H24F2N6OS. The van der Waals surface area contributed by atoms with Gasteiger partial charge in [0.25, 0.3) is 5.91 Å². The first-order valence-electron chi connectivity index (χ1n) is 12.6. The maximum absolute atomic E-state index is 13.7. The fraction of sp³-hybridized carbons (Fsp3) is 0.133. The molecule has 200 valence electrons. The van der Waals surface area contributed by atoms with Crippen LogP contribution >= 0.6 is 11.3 Å². The monoisotopic (exact) mass is 554 g/mol. The Bertz CT molecular complexity index is 1880. The summed E-state index contributed by atoms with van der Waals surface area (Å²) in [5, 5.41) is 7.09. The number of anilines is 1. The SMILES string of the molecule is Cc1cnc2c3cc(-c4ccc(CNc5ncccc5C(=O)N[C@@H](C)c5ccc(F)c(F)c5)s4)ccc3ncn12. The average Bonchev–Trinajstić information content (AvgIpc) is 3.60. The molecule has 0 saturated carbocycles. The summed E-state index contributed by atoms with van der Waals surface area (Å²) in [6.07, 6.45) is 5.25. The summed E-state index contributed by atoms with van der Waals surface area (Å²) in [4.78, 5) is 28.7. The van der Waals surface area contributed by atoms with Crippen molar-refractivity contribution in [2.45, 2.75) is 26.4 Å². The smallest absolute Gasteiger partial charge is 0.255 e. The van der Waals surface area contributed by atoms with Gasteiger partial charge in [0.05, 0.1) is 23.7 Å². The quantitative estimate of drug-likeness (QED) is 0.230. The number of aromatic nitrogens is 4. The van der Waals surface area contributed by atoms with Gasteiger partial charge in [0.2, 0.25) is 0 Å². The van der Waals surface area contributed by atoms with E-state index in [1.165, 1.54) is 6.07 Å². The molecule has 0 bridgehead atoms. The van der Waals surface area contributed by atoms with E-state index in [0.29, 0.717) is 23.5 Å². The molecule has 1 atom stereocenters. The molecule has 1 amide bonds. The summed E-state index contributed by atoms with van der Waals surface area (Å²) in [7, 11) is 0. The number of nitrogens with zero attached hydrogens (tertiary/aromatic N) is 4. The fourth-order valence-corrected chi connectivity index (χ4v) is 5.50. The van der Waals surface area contributed by atoms with E-state index >= 15 is 0 Å². The summed E-state index contributed by atoms with van der Waals surface area (Å²) in [6.45, 7) is 4.18. The van der Waals surface area contributed by atoms with Crippen LogP contribution in [0.25, 0.3) is 27.0 Å². The van der Waals surface area contributed by atoms with Crippen LogP contribution in [0.4, 0.5) is 14.6 Å². The maximum Gasteiger partial charge on any atom is 0.255 e. The number of amides is 1. The van der Waals surface area contributed by atoms with Gasteiger partial charge in [-0.25, -0.2) is 23.7 Å². The summed E-state index contributed by atoms with van der Waals surface area (Å²) in [6, 6.07) is 16.7. The summed E-state index contributed by atoms with van der Waals surface area (Å²) >= 11 is 1.64. The lowest BCUT2D eigenvalue weighted by Crippen LogP contribution is -2.27. The van der Waals surface area contributed by atoms with E-state index in [0.717, 1.165) is 49.7 Å². The second-order valence-electron chi connectivity index (χ2n) is 9.46. The Kier molecular flexibility index (Phi) is 6.69. The zero-order valence-electron chi connectivity index (χ0n) is 21.7. The van der Waals surface area contributed by atoms with Gasteiger partial charge in [0, 0.05) is 33.2 Å². The molecule has 6 aromatic rings. The van der Waals surface area contributed by atoms with E-state index in [2.05, 4.69) is 43.8 Å². The number of fused-ring (bicyclic) bond motifs is 3. The highest BCUT2D eigenvalue weighted by molar-refractivity contribution is 7.15. The molecule has 0 fully saturated rings. The first-order valence-corrected chi connectivity index (χ1v) is 13.5. The van der Waals surface area contributed by atoms with Crippen LogP contribution in [0, 0.1) is 18.6 Å². The molecule has 40 heavy (non-hydrogen) atoms. The highest BCUT2D eigenvalue weighted by atomic mass is 32.1. The number of nitrogens with one attached hydrogen (secondary N) is 2. The minimum absolute atomic E-state index is 0.356. The lowest BCUT2D eigenvalue weighted by molar-refractivity contribution is 0.0940. The van der Waals surface area contributed by atoms with Crippen LogP contribution in [0.1, 0.15) is 39.5 Å². The van der Waals surface area contributed by atoms with Gasteiger partial charge in [0.15, 0.2) is 11.6 Å². The van der Waals surface area contributed by atoms with E-state index in [4.69, 9.17) is 0 Å². The Hall–Kier alpha value is -4.70. The molecule has 0 aliphatic carbocycles. The van der Waals surface area contributed by atoms with Crippen LogP contribution < -0.4 is 10.6 Å². The first kappa shape index (κ1) is 25.6. The summed E-state index contributed by atoms with van der Waals surface area (Å²) in [5.41, 5.74) is 4.69. The Morgan fingerprint density at radius 1 is 1.02 bits per heavy atom. The van der Waals surface area contributed by atoms with Crippen LogP contribution in [0.2, 0.25) is 0 Å². The van der Waals surface area contributed by atoms with Crippen LogP contribution in [0.5, 0.6) is 0 Å². The molecule has 2 N–H and O–H groups in total. The number of pyridine rings is 1. The predicted molar refractivity (Wildman–Crippen MR) is 152 cm³/mol. The number of thiophene rings is 1. The van der Waals surface area contributed by atoms with Crippen molar-refractivity contribution in [3.8, 4) is 10.4 Å². The molecular weight excluding hydrogens is 530 g/mol. The summed E-state index contributed by atoms with van der Waals surface area (Å²) < 4.78 is 28.9. The maximum atomic E-state index is 13.7. The number of imidazole rings is 1. The summed E-state index contributed by atoms with van der Waals surface area (Å²) in [5.74, 6) is -1.82. The number of rotatable bonds is 7. The third kappa shape index (κ3) is 4.89. The number of carbonyl (C=O) groups excluding carboxylic acids is 1. The van der Waals surface area contributed by atoms with Crippen molar-refractivity contribution in [3.63, 3.8) is 0 Å². The predicted octanol–water partition coefficient (Wildman–Crippen LogP) is 6.70. The number of benzene rings is 2. The van der Waals surface area contributed by atoms with Gasteiger partial charge >= 0.3 is 0 Å². The van der Waals surface area contributed by atoms with Crippen molar-refractivity contribution in [2.75, 3.05) is 5.32 Å². The van der Waals surface area contributed by atoms with Crippen LogP contribution in [0.3, 0.4) is 0 Å². The molecule has 0 saturated heterocycles. The molecule has 10 heteroatoms. The standard InChI is InChI=1S/C30H24F2N6OS/c1-17-14-35-29-23-12-20(6-9-26(23)36-16-38(17)29)27-10-7-21(40-27)15-34-28-22(4-3-11-33-28)30(39)37-18(2)19-5-8-24(31)25(32)13-19/h3-14,16,18H,15H2,1-2H3,(H,33,34)(H,37,39)/t18-/m0/s1. The fourth-order valence-electron chi connectivity index (χ4n) is 4.56. The van der Waals surface area contributed by atoms with Crippen LogP contribution in [-0.2, 0) is 6.54 Å². The van der Waals surface area contributed by atoms with Crippen molar-refractivity contribution >= 4 is 39.6 Å². The van der Waals surface area contributed by atoms with E-state index in [-0.39, 0.29) is 5.91 Å². The number of hydrogen-bond acceptors (Lipinski definition) is 6. The van der Waals surface area contributed by atoms with Crippen LogP contribution in [-0.4, -0.2) is 25.3 Å². The Balaban J connectivity index is 1.17. The zero-order valence-corrected chi connectivity index (χ0v) is 22.5. The van der Waals surface area contributed by atoms with Crippen molar-refractivity contribution in [2.24, 2.45) is 0 Å². The van der Waals surface area contributed by atoms with Gasteiger partial charge in [-0.05, 0) is 73.5 Å². The van der Waals surface area contributed by atoms with Gasteiger partial charge in [-0.15, -0.1) is 11.3 Å². The van der Waals surface area contributed by atoms with Gasteiger partial charge in [-0.3, -0.25) is 9.20 Å². The molecule has 0 spiro atoms. The van der Waals surface area contributed by atoms with Crippen molar-refractivity contribution in [3.05, 3.63) is 113 Å². The molecule has 0 aliphatic heterocycles. The first-order chi connectivity index (χ1) is 19.4. The third-order valence-corrected chi connectivity index (χ3v) is 7.89. The molecule has 7 nitrogen and oxygen atoms in total. The highest BCUT2D eigenvalue weighted by Crippen LogP contribution is 2.32. The topological polar surface area (TPSA) is 84.2 Å². The Labute approximate surface area is 232 Å². The number of aryl methyl sites for hydroxylation is 1. The van der Waals surface area contributed by atoms with Crippen molar-refractivity contribution in [1.29, 1.82) is 0 Å². The Morgan fingerprint density at radius 3 is 2.75 bits per heavy atom. The van der Waals surface area contributed by atoms with Gasteiger partial charge in [-0.1, -0.05) is 12.1 Å². The van der Waals surface area contributed by atoms with E-state index in [1.807, 2.05) is 29.7 Å². The average molecular weight is 555 g/mol. The molecule has 4 heterocycles. The lowest BCUT2D eigenvalue weighted by atomic mass is 10.1. The van der Waals surface area contributed by atoms with Crippen LogP contribution in [0.15, 0.2) is 79.4 Å². The van der Waals surface area contributed by atoms with E-state index in [9.17, 15) is 13.6 Å². The molecule has 2 aromatic carbocycles. The normalized spacial score (nSPS) is 12.1. The van der Waals surface area contributed by atoms with Crippen molar-refractivity contribution < 1.29 is 13.6 Å². The molecule has 0 radical (unpaired) electrons. The Morgan fingerprint density at radius 2 is 1.90 bits per heavy atom. The second-order valence-corrected chi connectivity index (χ2v) is 10.6. The highest BCUT2D eigenvalue weighted by Gasteiger charge is 2.17. The van der Waals surface area contributed by atoms with Crippen molar-refractivity contribution in [1.82, 2.24) is 24.7 Å². The largest absolute Gasteiger partial charge is 0.365 e. The minimum Gasteiger partial charge on any atom is -0.365 e. The number of carbonyl (C=O) groups is 1. The zero-order chi connectivity index (χ0) is 27.8. The number of halogens is 2. The third-order valence-electron chi connectivity index (χ3n) is 6.75. The molecule has 0 unspecified atom stereocenters. The minimum atomic E-state index is -0.956. The molecule has 6 rings (SSSR count). The van der Waals surface area contributed by atoms with Gasteiger partial charge in [-0.2, -0.15) is 0 Å².